The van der Waals surface area contributed by atoms with Gasteiger partial charge in [0.05, 0.1) is 5.69 Å². The van der Waals surface area contributed by atoms with Gasteiger partial charge in [0.2, 0.25) is 6.29 Å². The molecule has 0 atom stereocenters. The molecule has 0 spiro atoms. The Morgan fingerprint density at radius 3 is 2.58 bits per heavy atom. The van der Waals surface area contributed by atoms with Crippen molar-refractivity contribution in [1.29, 1.82) is 0 Å². The average molecular weight is 262 g/mol. The van der Waals surface area contributed by atoms with Gasteiger partial charge in [-0.05, 0) is 17.7 Å². The van der Waals surface area contributed by atoms with Gasteiger partial charge in [-0.2, -0.15) is 0 Å². The quantitative estimate of drug-likeness (QED) is 0.777. The summed E-state index contributed by atoms with van der Waals surface area (Å²) in [6.45, 7) is 0. The van der Waals surface area contributed by atoms with E-state index < -0.39 is 6.29 Å². The van der Waals surface area contributed by atoms with E-state index in [4.69, 9.17) is 9.47 Å². The van der Waals surface area contributed by atoms with Gasteiger partial charge in [0.15, 0.2) is 0 Å². The van der Waals surface area contributed by atoms with Crippen LogP contribution in [0.3, 0.4) is 0 Å². The largest absolute Gasteiger partial charge is 0.350 e. The normalized spacial score (nSPS) is 10.9. The van der Waals surface area contributed by atoms with Crippen LogP contribution >= 0.6 is 0 Å². The number of ether oxygens (including phenoxy) is 2. The molecular weight excluding hydrogens is 247 g/mol. The van der Waals surface area contributed by atoms with Crippen LogP contribution in [0.2, 0.25) is 0 Å². The van der Waals surface area contributed by atoms with Crippen molar-refractivity contribution in [2.75, 3.05) is 14.2 Å². The molecule has 0 aliphatic rings. The molecule has 0 aliphatic heterocycles. The summed E-state index contributed by atoms with van der Waals surface area (Å²) >= 11 is 0. The van der Waals surface area contributed by atoms with E-state index in [0.29, 0.717) is 23.5 Å². The molecule has 0 unspecified atom stereocenters. The van der Waals surface area contributed by atoms with E-state index in [1.807, 2.05) is 0 Å². The number of hydrogen-bond donors (Lipinski definition) is 0. The van der Waals surface area contributed by atoms with Gasteiger partial charge in [-0.25, -0.2) is 14.4 Å². The number of nitrogens with zero attached hydrogens (tertiary/aromatic N) is 2. The van der Waals surface area contributed by atoms with Crippen LogP contribution in [0, 0.1) is 5.82 Å². The molecule has 1 heterocycles. The van der Waals surface area contributed by atoms with Crippen molar-refractivity contribution in [3.8, 4) is 0 Å². The van der Waals surface area contributed by atoms with Gasteiger partial charge in [0.25, 0.3) is 0 Å². The van der Waals surface area contributed by atoms with Crippen LogP contribution < -0.4 is 0 Å². The minimum atomic E-state index is -0.539. The van der Waals surface area contributed by atoms with Gasteiger partial charge in [0, 0.05) is 26.8 Å². The van der Waals surface area contributed by atoms with Crippen LogP contribution in [0.5, 0.6) is 0 Å². The molecule has 0 fully saturated rings. The molecule has 0 saturated carbocycles. The van der Waals surface area contributed by atoms with Gasteiger partial charge in [0.1, 0.15) is 11.6 Å². The first-order valence-corrected chi connectivity index (χ1v) is 5.85. The molecule has 0 N–H and O–H groups in total. The second kappa shape index (κ2) is 6.36. The fourth-order valence-electron chi connectivity index (χ4n) is 1.78. The minimum Gasteiger partial charge on any atom is -0.350 e. The second-order valence-corrected chi connectivity index (χ2v) is 3.97. The molecule has 2 rings (SSSR count). The third-order valence-corrected chi connectivity index (χ3v) is 2.70. The number of hydrogen-bond acceptors (Lipinski definition) is 4. The third kappa shape index (κ3) is 3.33. The summed E-state index contributed by atoms with van der Waals surface area (Å²) in [4.78, 5) is 8.46. The first-order valence-electron chi connectivity index (χ1n) is 5.85. The number of rotatable bonds is 5. The Kier molecular flexibility index (Phi) is 4.54. The lowest BCUT2D eigenvalue weighted by Crippen LogP contribution is -2.09. The van der Waals surface area contributed by atoms with E-state index in [9.17, 15) is 4.39 Å². The van der Waals surface area contributed by atoms with Crippen LogP contribution in [0.15, 0.2) is 36.5 Å². The topological polar surface area (TPSA) is 44.2 Å². The highest BCUT2D eigenvalue weighted by Crippen LogP contribution is 2.16. The fraction of sp³-hybridized carbons (Fsp3) is 0.286. The maximum absolute atomic E-state index is 13.6. The standard InChI is InChI=1S/C14H15FN2O2/c1-18-14(19-2)12-7-8-16-13(17-12)9-10-5-3-4-6-11(10)15/h3-8,14H,9H2,1-2H3. The molecule has 1 aromatic heterocycles. The lowest BCUT2D eigenvalue weighted by atomic mass is 10.1. The lowest BCUT2D eigenvalue weighted by molar-refractivity contribution is -0.108. The minimum absolute atomic E-state index is 0.258. The average Bonchev–Trinajstić information content (AvgIpc) is 2.43. The van der Waals surface area contributed by atoms with E-state index in [0.717, 1.165) is 0 Å². The van der Waals surface area contributed by atoms with Crippen LogP contribution in [0.1, 0.15) is 23.4 Å². The third-order valence-electron chi connectivity index (χ3n) is 2.70. The van der Waals surface area contributed by atoms with Gasteiger partial charge < -0.3 is 9.47 Å². The van der Waals surface area contributed by atoms with Crippen LogP contribution in [-0.4, -0.2) is 24.2 Å². The van der Waals surface area contributed by atoms with Crippen LogP contribution in [0.4, 0.5) is 4.39 Å². The molecule has 2 aromatic rings. The molecule has 0 aliphatic carbocycles. The molecule has 0 saturated heterocycles. The molecular formula is C14H15FN2O2. The molecule has 5 heteroatoms. The van der Waals surface area contributed by atoms with E-state index in [1.165, 1.54) is 20.3 Å². The number of benzene rings is 1. The molecule has 0 amide bonds. The predicted molar refractivity (Wildman–Crippen MR) is 68.0 cm³/mol. The fourth-order valence-corrected chi connectivity index (χ4v) is 1.78. The highest BCUT2D eigenvalue weighted by Gasteiger charge is 2.12. The van der Waals surface area contributed by atoms with E-state index in [-0.39, 0.29) is 5.82 Å². The predicted octanol–water partition coefficient (Wildman–Crippen LogP) is 2.50. The Bertz CT molecular complexity index is 544. The van der Waals surface area contributed by atoms with Crippen molar-refractivity contribution in [2.24, 2.45) is 0 Å². The molecule has 0 bridgehead atoms. The summed E-state index contributed by atoms with van der Waals surface area (Å²) in [6.07, 6.45) is 1.41. The van der Waals surface area contributed by atoms with Crippen molar-refractivity contribution in [3.63, 3.8) is 0 Å². The first-order chi connectivity index (χ1) is 9.24. The first kappa shape index (κ1) is 13.6. The Balaban J connectivity index is 2.22. The van der Waals surface area contributed by atoms with Gasteiger partial charge in [-0.15, -0.1) is 0 Å². The summed E-state index contributed by atoms with van der Waals surface area (Å²) in [5.41, 5.74) is 1.18. The molecule has 0 radical (unpaired) electrons. The second-order valence-electron chi connectivity index (χ2n) is 3.97. The Labute approximate surface area is 111 Å². The molecule has 4 nitrogen and oxygen atoms in total. The van der Waals surface area contributed by atoms with Crippen molar-refractivity contribution in [1.82, 2.24) is 9.97 Å². The van der Waals surface area contributed by atoms with Gasteiger partial charge >= 0.3 is 0 Å². The highest BCUT2D eigenvalue weighted by atomic mass is 19.1. The van der Waals surface area contributed by atoms with Gasteiger partial charge in [-0.3, -0.25) is 0 Å². The van der Waals surface area contributed by atoms with Gasteiger partial charge in [-0.1, -0.05) is 18.2 Å². The van der Waals surface area contributed by atoms with Crippen molar-refractivity contribution < 1.29 is 13.9 Å². The van der Waals surface area contributed by atoms with E-state index >= 15 is 0 Å². The summed E-state index contributed by atoms with van der Waals surface area (Å²) < 4.78 is 23.8. The Morgan fingerprint density at radius 1 is 1.16 bits per heavy atom. The summed E-state index contributed by atoms with van der Waals surface area (Å²) in [5, 5.41) is 0. The van der Waals surface area contributed by atoms with Crippen LogP contribution in [0.25, 0.3) is 0 Å². The summed E-state index contributed by atoms with van der Waals surface area (Å²) in [6, 6.07) is 8.29. The zero-order chi connectivity index (χ0) is 13.7. The highest BCUT2D eigenvalue weighted by molar-refractivity contribution is 5.21. The maximum atomic E-state index is 13.6. The number of methoxy groups -OCH3 is 2. The Morgan fingerprint density at radius 2 is 1.89 bits per heavy atom. The molecule has 1 aromatic carbocycles. The molecule has 100 valence electrons. The van der Waals surface area contributed by atoms with E-state index in [2.05, 4.69) is 9.97 Å². The monoisotopic (exact) mass is 262 g/mol. The summed E-state index contributed by atoms with van der Waals surface area (Å²) in [5.74, 6) is 0.272. The van der Waals surface area contributed by atoms with E-state index in [1.54, 1.807) is 30.5 Å². The number of halogens is 1. The zero-order valence-corrected chi connectivity index (χ0v) is 10.8. The van der Waals surface area contributed by atoms with Crippen molar-refractivity contribution in [2.45, 2.75) is 12.7 Å². The van der Waals surface area contributed by atoms with Crippen molar-refractivity contribution >= 4 is 0 Å². The summed E-state index contributed by atoms with van der Waals surface area (Å²) in [7, 11) is 3.07. The van der Waals surface area contributed by atoms with Crippen molar-refractivity contribution in [3.05, 3.63) is 59.4 Å². The smallest absolute Gasteiger partial charge is 0.200 e. The van der Waals surface area contributed by atoms with Crippen LogP contribution in [-0.2, 0) is 15.9 Å². The maximum Gasteiger partial charge on any atom is 0.200 e. The SMILES string of the molecule is COC(OC)c1ccnc(Cc2ccccc2F)n1. The molecule has 19 heavy (non-hydrogen) atoms. The number of aromatic nitrogens is 2. The lowest BCUT2D eigenvalue weighted by Gasteiger charge is -2.13. The Hall–Kier alpha value is -1.85. The zero-order valence-electron chi connectivity index (χ0n) is 10.8.